The first kappa shape index (κ1) is 15.6. The normalized spacial score (nSPS) is 24.5. The monoisotopic (exact) mass is 372 g/mol. The standard InChI is InChI=1S/C20H18Cl2N2O/c1-11-6-12-2-4-24-19(12)17(7-11)18(16-3-5-25-20(16)24)23-15-9-13(21)8-14(22)10-15/h2,4,6-10,16,18,20,23H,3,5H2,1H3/t16-,18+,20-/m0/s1. The number of aromatic nitrogens is 1. The van der Waals surface area contributed by atoms with Crippen LogP contribution in [-0.2, 0) is 4.74 Å². The highest BCUT2D eigenvalue weighted by molar-refractivity contribution is 6.35. The smallest absolute Gasteiger partial charge is 0.139 e. The summed E-state index contributed by atoms with van der Waals surface area (Å²) >= 11 is 12.4. The summed E-state index contributed by atoms with van der Waals surface area (Å²) in [6, 6.07) is 12.5. The number of rotatable bonds is 2. The molecule has 0 unspecified atom stereocenters. The molecule has 25 heavy (non-hydrogen) atoms. The van der Waals surface area contributed by atoms with Gasteiger partial charge >= 0.3 is 0 Å². The highest BCUT2D eigenvalue weighted by Gasteiger charge is 2.42. The molecule has 3 aromatic rings. The number of aryl methyl sites for hydroxylation is 1. The molecule has 0 amide bonds. The molecular formula is C20H18Cl2N2O. The zero-order chi connectivity index (χ0) is 17.1. The van der Waals surface area contributed by atoms with E-state index in [-0.39, 0.29) is 12.3 Å². The van der Waals surface area contributed by atoms with Crippen LogP contribution in [0.2, 0.25) is 10.0 Å². The summed E-state index contributed by atoms with van der Waals surface area (Å²) in [5.74, 6) is 0.377. The zero-order valence-corrected chi connectivity index (χ0v) is 15.3. The van der Waals surface area contributed by atoms with E-state index in [0.717, 1.165) is 18.7 Å². The average molecular weight is 373 g/mol. The number of nitrogens with one attached hydrogen (secondary N) is 1. The number of fused-ring (bicyclic) bond motifs is 2. The van der Waals surface area contributed by atoms with Gasteiger partial charge in [-0.2, -0.15) is 0 Å². The van der Waals surface area contributed by atoms with Crippen LogP contribution in [0.25, 0.3) is 10.9 Å². The molecule has 0 saturated carbocycles. The van der Waals surface area contributed by atoms with E-state index in [1.54, 1.807) is 6.07 Å². The minimum absolute atomic E-state index is 0.0832. The Bertz CT molecular complexity index is 961. The molecular weight excluding hydrogens is 355 g/mol. The summed E-state index contributed by atoms with van der Waals surface area (Å²) in [7, 11) is 0. The van der Waals surface area contributed by atoms with Gasteiger partial charge in [-0.15, -0.1) is 0 Å². The Hall–Kier alpha value is -1.68. The molecule has 3 nitrogen and oxygen atoms in total. The van der Waals surface area contributed by atoms with Crippen LogP contribution in [0, 0.1) is 12.8 Å². The van der Waals surface area contributed by atoms with Crippen molar-refractivity contribution in [1.82, 2.24) is 4.57 Å². The Morgan fingerprint density at radius 3 is 2.72 bits per heavy atom. The fourth-order valence-electron chi connectivity index (χ4n) is 4.39. The first-order valence-electron chi connectivity index (χ1n) is 8.55. The van der Waals surface area contributed by atoms with E-state index in [2.05, 4.69) is 41.2 Å². The SMILES string of the molecule is Cc1cc2c3c(ccn3[C@H]3OCC[C@H]3[C@H]2Nc2cc(Cl)cc(Cl)c2)c1. The van der Waals surface area contributed by atoms with Crippen LogP contribution < -0.4 is 5.32 Å². The quantitative estimate of drug-likeness (QED) is 0.600. The molecule has 3 heterocycles. The number of anilines is 1. The molecule has 0 bridgehead atoms. The second-order valence-electron chi connectivity index (χ2n) is 7.01. The molecule has 0 aliphatic carbocycles. The first-order valence-corrected chi connectivity index (χ1v) is 9.31. The van der Waals surface area contributed by atoms with Crippen molar-refractivity contribution >= 4 is 39.8 Å². The fraction of sp³-hybridized carbons (Fsp3) is 0.300. The summed E-state index contributed by atoms with van der Waals surface area (Å²) in [6.45, 7) is 2.94. The molecule has 1 N–H and O–H groups in total. The topological polar surface area (TPSA) is 26.2 Å². The van der Waals surface area contributed by atoms with Crippen molar-refractivity contribution in [3.63, 3.8) is 0 Å². The molecule has 5 rings (SSSR count). The van der Waals surface area contributed by atoms with Crippen molar-refractivity contribution in [3.8, 4) is 0 Å². The summed E-state index contributed by atoms with van der Waals surface area (Å²) < 4.78 is 8.38. The van der Waals surface area contributed by atoms with E-state index in [1.165, 1.54) is 22.0 Å². The Balaban J connectivity index is 1.67. The van der Waals surface area contributed by atoms with Gasteiger partial charge in [0, 0.05) is 39.8 Å². The van der Waals surface area contributed by atoms with Gasteiger partial charge in [0.2, 0.25) is 0 Å². The Labute approximate surface area is 156 Å². The van der Waals surface area contributed by atoms with E-state index < -0.39 is 0 Å². The maximum Gasteiger partial charge on any atom is 0.139 e. The third-order valence-electron chi connectivity index (χ3n) is 5.31. The largest absolute Gasteiger partial charge is 0.378 e. The molecule has 0 radical (unpaired) electrons. The molecule has 128 valence electrons. The van der Waals surface area contributed by atoms with Crippen molar-refractivity contribution in [1.29, 1.82) is 0 Å². The molecule has 1 saturated heterocycles. The maximum atomic E-state index is 6.20. The van der Waals surface area contributed by atoms with E-state index in [9.17, 15) is 0 Å². The lowest BCUT2D eigenvalue weighted by Crippen LogP contribution is -2.31. The van der Waals surface area contributed by atoms with Crippen molar-refractivity contribution in [2.75, 3.05) is 11.9 Å². The van der Waals surface area contributed by atoms with E-state index in [4.69, 9.17) is 27.9 Å². The van der Waals surface area contributed by atoms with Crippen LogP contribution in [0.15, 0.2) is 42.6 Å². The first-order chi connectivity index (χ1) is 12.1. The number of hydrogen-bond donors (Lipinski definition) is 1. The van der Waals surface area contributed by atoms with E-state index >= 15 is 0 Å². The van der Waals surface area contributed by atoms with E-state index in [0.29, 0.717) is 16.0 Å². The van der Waals surface area contributed by atoms with Crippen molar-refractivity contribution in [3.05, 3.63) is 63.8 Å². The van der Waals surface area contributed by atoms with E-state index in [1.807, 2.05) is 12.1 Å². The maximum absolute atomic E-state index is 6.20. The summed E-state index contributed by atoms with van der Waals surface area (Å²) in [6.07, 6.45) is 3.27. The lowest BCUT2D eigenvalue weighted by atomic mass is 9.85. The molecule has 5 heteroatoms. The van der Waals surface area contributed by atoms with Gasteiger partial charge in [-0.1, -0.05) is 34.8 Å². The molecule has 2 aliphatic heterocycles. The molecule has 0 spiro atoms. The summed E-state index contributed by atoms with van der Waals surface area (Å²) in [5.41, 5.74) is 4.80. The third-order valence-corrected chi connectivity index (χ3v) is 5.75. The molecule has 1 fully saturated rings. The second kappa shape index (κ2) is 5.66. The van der Waals surface area contributed by atoms with Gasteiger partial charge in [0.25, 0.3) is 0 Å². The average Bonchev–Trinajstić information content (AvgIpc) is 3.17. The summed E-state index contributed by atoms with van der Waals surface area (Å²) in [4.78, 5) is 0. The lowest BCUT2D eigenvalue weighted by Gasteiger charge is -2.36. The van der Waals surface area contributed by atoms with Gasteiger partial charge < -0.3 is 14.6 Å². The minimum Gasteiger partial charge on any atom is -0.378 e. The molecule has 3 atom stereocenters. The van der Waals surface area contributed by atoms with Crippen molar-refractivity contribution < 1.29 is 4.74 Å². The molecule has 2 aliphatic rings. The number of hydrogen-bond acceptors (Lipinski definition) is 2. The summed E-state index contributed by atoms with van der Waals surface area (Å²) in [5, 5.41) is 6.24. The van der Waals surface area contributed by atoms with Crippen molar-refractivity contribution in [2.24, 2.45) is 5.92 Å². The van der Waals surface area contributed by atoms with Gasteiger partial charge in [0.15, 0.2) is 0 Å². The van der Waals surface area contributed by atoms with Crippen LogP contribution in [0.5, 0.6) is 0 Å². The van der Waals surface area contributed by atoms with Gasteiger partial charge in [0.05, 0.1) is 11.6 Å². The Morgan fingerprint density at radius 1 is 1.12 bits per heavy atom. The van der Waals surface area contributed by atoms with Crippen LogP contribution in [-0.4, -0.2) is 11.2 Å². The third kappa shape index (κ3) is 2.45. The predicted octanol–water partition coefficient (Wildman–Crippen LogP) is 5.96. The van der Waals surface area contributed by atoms with Crippen LogP contribution >= 0.6 is 23.2 Å². The number of ether oxygens (including phenoxy) is 1. The lowest BCUT2D eigenvalue weighted by molar-refractivity contribution is 0.0277. The van der Waals surface area contributed by atoms with Crippen LogP contribution in [0.4, 0.5) is 5.69 Å². The zero-order valence-electron chi connectivity index (χ0n) is 13.8. The second-order valence-corrected chi connectivity index (χ2v) is 7.88. The predicted molar refractivity (Wildman–Crippen MR) is 103 cm³/mol. The Kier molecular flexibility index (Phi) is 3.53. The van der Waals surface area contributed by atoms with Crippen LogP contribution in [0.3, 0.4) is 0 Å². The van der Waals surface area contributed by atoms with Crippen molar-refractivity contribution in [2.45, 2.75) is 25.6 Å². The molecule has 1 aromatic heterocycles. The highest BCUT2D eigenvalue weighted by Crippen LogP contribution is 2.48. The molecule has 2 aromatic carbocycles. The minimum atomic E-state index is 0.0832. The number of nitrogens with zero attached hydrogens (tertiary/aromatic N) is 1. The number of halogens is 2. The number of benzene rings is 2. The van der Waals surface area contributed by atoms with Gasteiger partial charge in [-0.3, -0.25) is 0 Å². The highest BCUT2D eigenvalue weighted by atomic mass is 35.5. The van der Waals surface area contributed by atoms with Gasteiger partial charge in [-0.25, -0.2) is 0 Å². The van der Waals surface area contributed by atoms with Gasteiger partial charge in [-0.05, 0) is 49.2 Å². The Morgan fingerprint density at radius 2 is 1.92 bits per heavy atom. The van der Waals surface area contributed by atoms with Gasteiger partial charge in [0.1, 0.15) is 6.23 Å². The van der Waals surface area contributed by atoms with Crippen LogP contribution in [0.1, 0.15) is 29.8 Å². The fourth-order valence-corrected chi connectivity index (χ4v) is 4.91.